The number of hydrogen-bond donors (Lipinski definition) is 0. The van der Waals surface area contributed by atoms with E-state index in [0.29, 0.717) is 5.41 Å². The van der Waals surface area contributed by atoms with Gasteiger partial charge in [0, 0.05) is 0 Å². The Morgan fingerprint density at radius 2 is 1.42 bits per heavy atom. The summed E-state index contributed by atoms with van der Waals surface area (Å²) in [7, 11) is 0. The Kier molecular flexibility index (Phi) is 9.50. The second kappa shape index (κ2) is 9.32. The quantitative estimate of drug-likeness (QED) is 0.324. The van der Waals surface area contributed by atoms with E-state index in [2.05, 4.69) is 45.5 Å². The number of rotatable bonds is 9. The zero-order chi connectivity index (χ0) is 14.9. The van der Waals surface area contributed by atoms with Gasteiger partial charge in [0.25, 0.3) is 0 Å². The SMILES string of the molecule is C#[C][Sn]([CH2]CCC)([CH2]CCC)[CH](CCC)C(C)(C)C. The molecule has 0 fully saturated rings. The summed E-state index contributed by atoms with van der Waals surface area (Å²) in [6, 6.07) is 0. The first-order chi connectivity index (χ1) is 8.87. The van der Waals surface area contributed by atoms with E-state index in [-0.39, 0.29) is 0 Å². The zero-order valence-electron chi connectivity index (χ0n) is 14.3. The van der Waals surface area contributed by atoms with Gasteiger partial charge in [0.15, 0.2) is 0 Å². The van der Waals surface area contributed by atoms with E-state index < -0.39 is 18.4 Å². The Balaban J connectivity index is 5.28. The van der Waals surface area contributed by atoms with Crippen LogP contribution in [-0.4, -0.2) is 18.4 Å². The molecule has 0 aromatic heterocycles. The van der Waals surface area contributed by atoms with E-state index in [1.807, 2.05) is 0 Å². The summed E-state index contributed by atoms with van der Waals surface area (Å²) in [4.78, 5) is 0. The number of terminal acetylenes is 1. The predicted octanol–water partition coefficient (Wildman–Crippen LogP) is 6.42. The maximum absolute atomic E-state index is 6.16. The molecule has 1 heteroatoms. The minimum absolute atomic E-state index is 0.403. The molecule has 0 nitrogen and oxygen atoms in total. The fraction of sp³-hybridized carbons (Fsp3) is 0.889. The third-order valence-electron chi connectivity index (χ3n) is 4.53. The van der Waals surface area contributed by atoms with Gasteiger partial charge in [-0.3, -0.25) is 0 Å². The van der Waals surface area contributed by atoms with Crippen molar-refractivity contribution in [3.05, 3.63) is 0 Å². The van der Waals surface area contributed by atoms with Crippen molar-refractivity contribution >= 4 is 18.4 Å². The third kappa shape index (κ3) is 6.11. The van der Waals surface area contributed by atoms with Gasteiger partial charge in [-0.15, -0.1) is 0 Å². The van der Waals surface area contributed by atoms with Crippen LogP contribution in [-0.2, 0) is 0 Å². The van der Waals surface area contributed by atoms with Crippen molar-refractivity contribution < 1.29 is 0 Å². The van der Waals surface area contributed by atoms with Crippen molar-refractivity contribution in [3.63, 3.8) is 0 Å². The van der Waals surface area contributed by atoms with Crippen LogP contribution in [0.3, 0.4) is 0 Å². The molecule has 0 saturated heterocycles. The van der Waals surface area contributed by atoms with Crippen LogP contribution < -0.4 is 0 Å². The summed E-state index contributed by atoms with van der Waals surface area (Å²) in [5, 5.41) is 0. The maximum atomic E-state index is 6.16. The molecule has 1 atom stereocenters. The molecular formula is C18H36Sn. The average Bonchev–Trinajstić information content (AvgIpc) is 2.36. The Hall–Kier alpha value is 0.359. The van der Waals surface area contributed by atoms with Crippen molar-refractivity contribution in [3.8, 4) is 10.4 Å². The van der Waals surface area contributed by atoms with Crippen LogP contribution in [0.1, 0.15) is 80.1 Å². The first-order valence-electron chi connectivity index (χ1n) is 8.35. The zero-order valence-corrected chi connectivity index (χ0v) is 17.2. The van der Waals surface area contributed by atoms with Gasteiger partial charge in [-0.1, -0.05) is 0 Å². The summed E-state index contributed by atoms with van der Waals surface area (Å²) in [5.41, 5.74) is 0.403. The Morgan fingerprint density at radius 1 is 0.947 bits per heavy atom. The molecule has 0 saturated carbocycles. The third-order valence-corrected chi connectivity index (χ3v) is 20.4. The van der Waals surface area contributed by atoms with Crippen LogP contribution in [0.5, 0.6) is 0 Å². The van der Waals surface area contributed by atoms with Crippen molar-refractivity contribution in [2.75, 3.05) is 0 Å². The average molecular weight is 371 g/mol. The monoisotopic (exact) mass is 372 g/mol. The molecule has 0 radical (unpaired) electrons. The van der Waals surface area contributed by atoms with Gasteiger partial charge in [-0.05, 0) is 0 Å². The van der Waals surface area contributed by atoms with E-state index in [1.54, 1.807) is 0 Å². The molecule has 0 aliphatic carbocycles. The predicted molar refractivity (Wildman–Crippen MR) is 92.1 cm³/mol. The van der Waals surface area contributed by atoms with Gasteiger partial charge in [-0.25, -0.2) is 0 Å². The second-order valence-corrected chi connectivity index (χ2v) is 19.5. The normalized spacial score (nSPS) is 14.2. The van der Waals surface area contributed by atoms with Crippen LogP contribution in [0, 0.1) is 15.8 Å². The van der Waals surface area contributed by atoms with Gasteiger partial charge in [0.1, 0.15) is 0 Å². The molecule has 19 heavy (non-hydrogen) atoms. The first kappa shape index (κ1) is 19.4. The fourth-order valence-corrected chi connectivity index (χ4v) is 20.4. The first-order valence-corrected chi connectivity index (χ1v) is 15.5. The molecule has 0 bridgehead atoms. The van der Waals surface area contributed by atoms with Crippen molar-refractivity contribution in [2.45, 2.75) is 92.9 Å². The van der Waals surface area contributed by atoms with E-state index in [9.17, 15) is 0 Å². The molecule has 0 heterocycles. The molecule has 0 aromatic carbocycles. The minimum atomic E-state index is -2.44. The van der Waals surface area contributed by atoms with Gasteiger partial charge in [0.2, 0.25) is 0 Å². The summed E-state index contributed by atoms with van der Waals surface area (Å²) in [5.74, 6) is 0. The Bertz CT molecular complexity index is 258. The van der Waals surface area contributed by atoms with Crippen LogP contribution in [0.15, 0.2) is 0 Å². The van der Waals surface area contributed by atoms with Gasteiger partial charge in [0.05, 0.1) is 0 Å². The molecule has 0 aromatic rings. The molecule has 0 aliphatic rings. The Morgan fingerprint density at radius 3 is 1.68 bits per heavy atom. The summed E-state index contributed by atoms with van der Waals surface area (Å²) in [6.45, 7) is 14.2. The molecule has 0 amide bonds. The molecule has 1 unspecified atom stereocenters. The number of unbranched alkanes of at least 4 members (excludes halogenated alkanes) is 2. The van der Waals surface area contributed by atoms with Gasteiger partial charge >= 0.3 is 127 Å². The van der Waals surface area contributed by atoms with E-state index in [1.165, 1.54) is 47.4 Å². The summed E-state index contributed by atoms with van der Waals surface area (Å²) >= 11 is -2.44. The molecule has 0 spiro atoms. The van der Waals surface area contributed by atoms with Crippen LogP contribution in [0.4, 0.5) is 0 Å². The van der Waals surface area contributed by atoms with Crippen molar-refractivity contribution in [1.29, 1.82) is 0 Å². The van der Waals surface area contributed by atoms with Crippen molar-refractivity contribution in [1.82, 2.24) is 0 Å². The van der Waals surface area contributed by atoms with Crippen LogP contribution in [0.25, 0.3) is 0 Å². The van der Waals surface area contributed by atoms with Crippen molar-refractivity contribution in [2.24, 2.45) is 5.41 Å². The molecular weight excluding hydrogens is 335 g/mol. The van der Waals surface area contributed by atoms with E-state index >= 15 is 0 Å². The fourth-order valence-electron chi connectivity index (χ4n) is 3.53. The summed E-state index contributed by atoms with van der Waals surface area (Å²) < 4.78 is 7.18. The standard InChI is InChI=1S/C8H17.2C4H9.C2H.Sn/c1-5-6-7-8(2,3)4;2*1-3-4-2;1-2;/h7H,5-6H2,1-4H3;2*1,3-4H2,2H3;1H;. The number of hydrogen-bond acceptors (Lipinski definition) is 0. The topological polar surface area (TPSA) is 0 Å². The van der Waals surface area contributed by atoms with E-state index in [4.69, 9.17) is 6.42 Å². The molecule has 112 valence electrons. The van der Waals surface area contributed by atoms with Crippen LogP contribution >= 0.6 is 0 Å². The summed E-state index contributed by atoms with van der Waals surface area (Å²) in [6.07, 6.45) is 14.1. The van der Waals surface area contributed by atoms with E-state index in [0.717, 1.165) is 3.93 Å². The van der Waals surface area contributed by atoms with Crippen LogP contribution in [0.2, 0.25) is 12.8 Å². The van der Waals surface area contributed by atoms with Gasteiger partial charge in [-0.2, -0.15) is 0 Å². The van der Waals surface area contributed by atoms with Gasteiger partial charge < -0.3 is 0 Å². The second-order valence-electron chi connectivity index (χ2n) is 7.21. The molecule has 0 N–H and O–H groups in total. The Labute approximate surface area is 127 Å². The molecule has 0 rings (SSSR count). The molecule has 0 aliphatic heterocycles.